The van der Waals surface area contributed by atoms with Gasteiger partial charge in [0, 0.05) is 12.7 Å². The number of carbonyl (C=O) groups excluding carboxylic acids is 1. The van der Waals surface area contributed by atoms with Crippen LogP contribution in [0.4, 0.5) is 5.69 Å². The molecule has 0 spiro atoms. The Bertz CT molecular complexity index is 1330. The first kappa shape index (κ1) is 22.2. The summed E-state index contributed by atoms with van der Waals surface area (Å²) in [6.45, 7) is 0.426. The van der Waals surface area contributed by atoms with Crippen molar-refractivity contribution >= 4 is 33.1 Å². The Balaban J connectivity index is 1.04. The highest BCUT2D eigenvalue weighted by atomic mass is 32.1. The van der Waals surface area contributed by atoms with Crippen molar-refractivity contribution in [1.29, 1.82) is 0 Å². The second kappa shape index (κ2) is 9.42. The van der Waals surface area contributed by atoms with E-state index in [1.165, 1.54) is 32.1 Å². The molecular weight excluding hydrogens is 456 g/mol. The number of benzene rings is 2. The Morgan fingerprint density at radius 2 is 1.77 bits per heavy atom. The Labute approximate surface area is 209 Å². The van der Waals surface area contributed by atoms with Crippen LogP contribution in [0.25, 0.3) is 10.2 Å². The summed E-state index contributed by atoms with van der Waals surface area (Å²) in [7, 11) is 1.92. The quantitative estimate of drug-likeness (QED) is 0.305. The van der Waals surface area contributed by atoms with Crippen molar-refractivity contribution in [1.82, 2.24) is 4.57 Å². The molecule has 2 fully saturated rings. The minimum Gasteiger partial charge on any atom is -0.490 e. The summed E-state index contributed by atoms with van der Waals surface area (Å²) >= 11 is 1.64. The molecule has 6 rings (SSSR count). The summed E-state index contributed by atoms with van der Waals surface area (Å²) in [5.74, 6) is 3.35. The van der Waals surface area contributed by atoms with Crippen molar-refractivity contribution in [2.45, 2.75) is 44.8 Å². The van der Waals surface area contributed by atoms with E-state index in [9.17, 15) is 4.79 Å². The molecule has 0 saturated heterocycles. The van der Waals surface area contributed by atoms with Gasteiger partial charge in [0.25, 0.3) is 5.91 Å². The Kier molecular flexibility index (Phi) is 5.98. The highest BCUT2D eigenvalue weighted by Crippen LogP contribution is 2.43. The molecular formula is C29H30N2O3S. The van der Waals surface area contributed by atoms with Crippen LogP contribution in [-0.4, -0.2) is 16.6 Å². The van der Waals surface area contributed by atoms with Gasteiger partial charge in [-0.1, -0.05) is 25.0 Å². The van der Waals surface area contributed by atoms with Crippen molar-refractivity contribution in [2.75, 3.05) is 5.32 Å². The fraction of sp³-hybridized carbons (Fsp3) is 0.345. The lowest BCUT2D eigenvalue weighted by Gasteiger charge is -2.28. The van der Waals surface area contributed by atoms with Gasteiger partial charge in [-0.25, -0.2) is 0 Å². The standard InChI is InChI=1S/C29H30N2O3S/c1-31-26-11-12-35-28(26)17-27(31)29(32)30-22-4-2-3-21(14-22)18-33-23-7-9-24(10-8-23)34-25-15-19-5-6-20(13-19)16-25/h2-4,7-12,14,17,19-20,25H,5-6,13,15-16,18H2,1H3,(H,30,32)/t19-,20-/m1/s1. The molecule has 2 bridgehead atoms. The molecule has 0 aliphatic heterocycles. The molecule has 2 heterocycles. The number of aryl methyl sites for hydroxylation is 1. The van der Waals surface area contributed by atoms with Gasteiger partial charge in [0.05, 0.1) is 16.3 Å². The van der Waals surface area contributed by atoms with E-state index in [1.807, 2.05) is 77.7 Å². The van der Waals surface area contributed by atoms with Gasteiger partial charge in [-0.3, -0.25) is 4.79 Å². The Morgan fingerprint density at radius 1 is 1.00 bits per heavy atom. The minimum absolute atomic E-state index is 0.115. The van der Waals surface area contributed by atoms with E-state index in [-0.39, 0.29) is 5.91 Å². The Hall–Kier alpha value is -3.25. The molecule has 2 aliphatic carbocycles. The molecule has 2 atom stereocenters. The summed E-state index contributed by atoms with van der Waals surface area (Å²) in [5.41, 5.74) is 3.47. The summed E-state index contributed by atoms with van der Waals surface area (Å²) in [5, 5.41) is 5.06. The first-order valence-electron chi connectivity index (χ1n) is 12.4. The van der Waals surface area contributed by atoms with Crippen LogP contribution in [-0.2, 0) is 13.7 Å². The lowest BCUT2D eigenvalue weighted by molar-refractivity contribution is 0.101. The van der Waals surface area contributed by atoms with Crippen LogP contribution in [0, 0.1) is 11.8 Å². The number of hydrogen-bond acceptors (Lipinski definition) is 4. The minimum atomic E-state index is -0.115. The normalized spacial score (nSPS) is 21.2. The van der Waals surface area contributed by atoms with Crippen molar-refractivity contribution in [3.05, 3.63) is 77.3 Å². The maximum absolute atomic E-state index is 12.8. The van der Waals surface area contributed by atoms with Crippen LogP contribution in [0.15, 0.2) is 66.0 Å². The van der Waals surface area contributed by atoms with Gasteiger partial charge in [0.2, 0.25) is 0 Å². The molecule has 1 amide bonds. The number of hydrogen-bond donors (Lipinski definition) is 1. The number of aromatic nitrogens is 1. The van der Waals surface area contributed by atoms with Crippen molar-refractivity contribution in [2.24, 2.45) is 18.9 Å². The first-order valence-corrected chi connectivity index (χ1v) is 13.3. The lowest BCUT2D eigenvalue weighted by atomic mass is 9.87. The zero-order chi connectivity index (χ0) is 23.8. The summed E-state index contributed by atoms with van der Waals surface area (Å²) in [6, 6.07) is 19.7. The second-order valence-electron chi connectivity index (χ2n) is 9.93. The van der Waals surface area contributed by atoms with E-state index in [1.54, 1.807) is 11.3 Å². The number of nitrogens with zero attached hydrogens (tertiary/aromatic N) is 1. The molecule has 0 unspecified atom stereocenters. The molecule has 0 radical (unpaired) electrons. The van der Waals surface area contributed by atoms with Crippen LogP contribution in [0.5, 0.6) is 11.5 Å². The average Bonchev–Trinajstić information content (AvgIpc) is 3.55. The van der Waals surface area contributed by atoms with Crippen molar-refractivity contribution in [3.8, 4) is 11.5 Å². The number of rotatable bonds is 7. The predicted molar refractivity (Wildman–Crippen MR) is 140 cm³/mol. The highest BCUT2D eigenvalue weighted by Gasteiger charge is 2.35. The molecule has 2 aliphatic rings. The van der Waals surface area contributed by atoms with Gasteiger partial charge < -0.3 is 19.4 Å². The number of thiophene rings is 1. The number of fused-ring (bicyclic) bond motifs is 3. The van der Waals surface area contributed by atoms with E-state index in [0.717, 1.165) is 44.8 Å². The molecule has 180 valence electrons. The average molecular weight is 487 g/mol. The maximum atomic E-state index is 12.8. The van der Waals surface area contributed by atoms with Crippen LogP contribution in [0.2, 0.25) is 0 Å². The predicted octanol–water partition coefficient (Wildman–Crippen LogP) is 7.03. The van der Waals surface area contributed by atoms with Crippen LogP contribution in [0.3, 0.4) is 0 Å². The largest absolute Gasteiger partial charge is 0.490 e. The van der Waals surface area contributed by atoms with E-state index in [4.69, 9.17) is 9.47 Å². The molecule has 2 aromatic carbocycles. The van der Waals surface area contributed by atoms with Crippen molar-refractivity contribution in [3.63, 3.8) is 0 Å². The molecule has 4 aromatic rings. The zero-order valence-corrected chi connectivity index (χ0v) is 20.7. The third-order valence-corrected chi connectivity index (χ3v) is 8.31. The van der Waals surface area contributed by atoms with Gasteiger partial charge in [0.1, 0.15) is 23.8 Å². The second-order valence-corrected chi connectivity index (χ2v) is 10.9. The fourth-order valence-electron chi connectivity index (χ4n) is 5.72. The number of ether oxygens (including phenoxy) is 2. The summed E-state index contributed by atoms with van der Waals surface area (Å²) in [6.07, 6.45) is 6.92. The molecule has 6 heteroatoms. The molecule has 1 N–H and O–H groups in total. The third kappa shape index (κ3) is 4.80. The monoisotopic (exact) mass is 486 g/mol. The van der Waals surface area contributed by atoms with Gasteiger partial charge in [-0.2, -0.15) is 0 Å². The van der Waals surface area contributed by atoms with Gasteiger partial charge in [0.15, 0.2) is 0 Å². The Morgan fingerprint density at radius 3 is 2.54 bits per heavy atom. The van der Waals surface area contributed by atoms with Crippen LogP contribution < -0.4 is 14.8 Å². The number of nitrogens with one attached hydrogen (secondary N) is 1. The SMILES string of the molecule is Cn1c(C(=O)Nc2cccc(COc3ccc(OC4C[C@@H]5CC[C@@H](C4)C5)cc3)c2)cc2sccc21. The van der Waals surface area contributed by atoms with Crippen LogP contribution in [0.1, 0.15) is 48.2 Å². The van der Waals surface area contributed by atoms with E-state index >= 15 is 0 Å². The topological polar surface area (TPSA) is 52.5 Å². The molecule has 2 saturated carbocycles. The molecule has 5 nitrogen and oxygen atoms in total. The molecule has 35 heavy (non-hydrogen) atoms. The fourth-order valence-corrected chi connectivity index (χ4v) is 6.57. The summed E-state index contributed by atoms with van der Waals surface area (Å²) in [4.78, 5) is 12.8. The first-order chi connectivity index (χ1) is 17.1. The van der Waals surface area contributed by atoms with E-state index in [0.29, 0.717) is 18.4 Å². The van der Waals surface area contributed by atoms with E-state index < -0.39 is 0 Å². The van der Waals surface area contributed by atoms with Gasteiger partial charge >= 0.3 is 0 Å². The number of amides is 1. The van der Waals surface area contributed by atoms with Gasteiger partial charge in [-0.05, 0) is 90.6 Å². The number of carbonyl (C=O) groups is 1. The summed E-state index contributed by atoms with van der Waals surface area (Å²) < 4.78 is 15.3. The maximum Gasteiger partial charge on any atom is 0.272 e. The smallest absolute Gasteiger partial charge is 0.272 e. The van der Waals surface area contributed by atoms with Crippen molar-refractivity contribution < 1.29 is 14.3 Å². The third-order valence-electron chi connectivity index (χ3n) is 7.46. The van der Waals surface area contributed by atoms with E-state index in [2.05, 4.69) is 5.32 Å². The highest BCUT2D eigenvalue weighted by molar-refractivity contribution is 7.17. The lowest BCUT2D eigenvalue weighted by Crippen LogP contribution is -2.25. The zero-order valence-electron chi connectivity index (χ0n) is 19.9. The van der Waals surface area contributed by atoms with Crippen LogP contribution >= 0.6 is 11.3 Å². The molecule has 2 aromatic heterocycles. The number of anilines is 1. The van der Waals surface area contributed by atoms with Gasteiger partial charge in [-0.15, -0.1) is 11.3 Å².